The molecule has 0 bridgehead atoms. The van der Waals surface area contributed by atoms with Crippen molar-refractivity contribution < 1.29 is 0 Å². The Morgan fingerprint density at radius 2 is 0.400 bits per heavy atom. The first kappa shape index (κ1) is 35.0. The number of hydrogen-bond acceptors (Lipinski definition) is 1. The zero-order chi connectivity index (χ0) is 25.3. The molecule has 0 aliphatic carbocycles. The average Bonchev–Trinajstić information content (AvgIpc) is 2.87. The second-order valence-electron chi connectivity index (χ2n) is 11.6. The van der Waals surface area contributed by atoms with Gasteiger partial charge >= 0.3 is 0 Å². The van der Waals surface area contributed by atoms with Gasteiger partial charge in [0.15, 0.2) is 0 Å². The van der Waals surface area contributed by atoms with E-state index < -0.39 is 0 Å². The Labute approximate surface area is 224 Å². The van der Waals surface area contributed by atoms with Gasteiger partial charge < -0.3 is 5.32 Å². The van der Waals surface area contributed by atoms with Crippen molar-refractivity contribution in [2.45, 2.75) is 206 Å². The minimum atomic E-state index is 1.25. The van der Waals surface area contributed by atoms with Crippen LogP contribution in [0.4, 0.5) is 0 Å². The smallest absolute Gasteiger partial charge is 0.00489 e. The highest BCUT2D eigenvalue weighted by atomic mass is 14.8. The van der Waals surface area contributed by atoms with Crippen molar-refractivity contribution in [3.05, 3.63) is 0 Å². The summed E-state index contributed by atoms with van der Waals surface area (Å²) in [6, 6.07) is 0. The van der Waals surface area contributed by atoms with Crippen molar-refractivity contribution in [1.29, 1.82) is 0 Å². The van der Waals surface area contributed by atoms with E-state index in [1.54, 1.807) is 0 Å². The summed E-state index contributed by atoms with van der Waals surface area (Å²) in [5.41, 5.74) is 0. The first-order chi connectivity index (χ1) is 17.4. The topological polar surface area (TPSA) is 12.0 Å². The van der Waals surface area contributed by atoms with Gasteiger partial charge in [0, 0.05) is 0 Å². The molecule has 0 aliphatic heterocycles. The fourth-order valence-corrected chi connectivity index (χ4v) is 5.37. The van der Waals surface area contributed by atoms with Crippen molar-refractivity contribution in [2.75, 3.05) is 13.1 Å². The standard InChI is InChI=1S/C34H71N/c1-3-5-7-9-11-13-15-17-19-20-22-24-26-28-30-32-34-35-33-31-29-27-25-23-21-18-16-14-12-10-8-6-4-2/h35H,3-34H2,1-2H3. The summed E-state index contributed by atoms with van der Waals surface area (Å²) >= 11 is 0. The molecule has 0 fully saturated rings. The molecule has 0 heterocycles. The summed E-state index contributed by atoms with van der Waals surface area (Å²) in [4.78, 5) is 0. The van der Waals surface area contributed by atoms with E-state index in [0.717, 1.165) is 0 Å². The van der Waals surface area contributed by atoms with Gasteiger partial charge in [0.2, 0.25) is 0 Å². The van der Waals surface area contributed by atoms with E-state index in [4.69, 9.17) is 0 Å². The molecule has 0 spiro atoms. The normalized spacial score (nSPS) is 11.5. The van der Waals surface area contributed by atoms with Crippen molar-refractivity contribution >= 4 is 0 Å². The third-order valence-electron chi connectivity index (χ3n) is 7.91. The molecule has 0 aromatic carbocycles. The number of rotatable bonds is 32. The first-order valence-corrected chi connectivity index (χ1v) is 17.1. The lowest BCUT2D eigenvalue weighted by Gasteiger charge is -2.06. The maximum atomic E-state index is 3.68. The molecule has 1 heteroatoms. The molecule has 0 aromatic rings. The van der Waals surface area contributed by atoms with Crippen LogP contribution in [0.1, 0.15) is 206 Å². The molecule has 0 aliphatic rings. The van der Waals surface area contributed by atoms with E-state index in [0.29, 0.717) is 0 Å². The van der Waals surface area contributed by atoms with Crippen LogP contribution in [-0.4, -0.2) is 13.1 Å². The Morgan fingerprint density at radius 1 is 0.229 bits per heavy atom. The summed E-state index contributed by atoms with van der Waals surface area (Å²) in [7, 11) is 0. The van der Waals surface area contributed by atoms with Crippen molar-refractivity contribution in [1.82, 2.24) is 5.32 Å². The molecule has 0 aromatic heterocycles. The Balaban J connectivity index is 3.00. The monoisotopic (exact) mass is 494 g/mol. The first-order valence-electron chi connectivity index (χ1n) is 17.1. The van der Waals surface area contributed by atoms with Crippen LogP contribution in [0.3, 0.4) is 0 Å². The largest absolute Gasteiger partial charge is 0.317 e. The summed E-state index contributed by atoms with van der Waals surface area (Å²) in [5.74, 6) is 0. The van der Waals surface area contributed by atoms with E-state index in [1.165, 1.54) is 206 Å². The van der Waals surface area contributed by atoms with Crippen LogP contribution in [-0.2, 0) is 0 Å². The molecule has 0 radical (unpaired) electrons. The number of unbranched alkanes of at least 4 members (excludes halogenated alkanes) is 28. The molecule has 0 amide bonds. The highest BCUT2D eigenvalue weighted by Gasteiger charge is 1.96. The Hall–Kier alpha value is -0.0400. The maximum Gasteiger partial charge on any atom is -0.00489 e. The van der Waals surface area contributed by atoms with E-state index >= 15 is 0 Å². The quantitative estimate of drug-likeness (QED) is 0.0918. The van der Waals surface area contributed by atoms with Crippen molar-refractivity contribution in [3.63, 3.8) is 0 Å². The molecular formula is C34H71N. The second-order valence-corrected chi connectivity index (χ2v) is 11.6. The van der Waals surface area contributed by atoms with Gasteiger partial charge in [-0.05, 0) is 25.9 Å². The van der Waals surface area contributed by atoms with Crippen LogP contribution in [0.5, 0.6) is 0 Å². The molecule has 35 heavy (non-hydrogen) atoms. The van der Waals surface area contributed by atoms with E-state index in [-0.39, 0.29) is 0 Å². The fourth-order valence-electron chi connectivity index (χ4n) is 5.37. The van der Waals surface area contributed by atoms with Crippen LogP contribution < -0.4 is 5.32 Å². The zero-order valence-corrected chi connectivity index (χ0v) is 25.1. The Bertz CT molecular complexity index is 307. The molecule has 1 nitrogen and oxygen atoms in total. The zero-order valence-electron chi connectivity index (χ0n) is 25.1. The van der Waals surface area contributed by atoms with Gasteiger partial charge in [-0.3, -0.25) is 0 Å². The lowest BCUT2D eigenvalue weighted by molar-refractivity contribution is 0.516. The molecule has 0 unspecified atom stereocenters. The predicted octanol–water partition coefficient (Wildman–Crippen LogP) is 12.3. The van der Waals surface area contributed by atoms with Gasteiger partial charge in [0.1, 0.15) is 0 Å². The molecule has 0 saturated carbocycles. The van der Waals surface area contributed by atoms with Gasteiger partial charge in [-0.15, -0.1) is 0 Å². The fraction of sp³-hybridized carbons (Fsp3) is 1.00. The number of hydrogen-bond donors (Lipinski definition) is 1. The van der Waals surface area contributed by atoms with Crippen LogP contribution in [0.25, 0.3) is 0 Å². The van der Waals surface area contributed by atoms with E-state index in [1.807, 2.05) is 0 Å². The van der Waals surface area contributed by atoms with Gasteiger partial charge in [-0.2, -0.15) is 0 Å². The Kier molecular flexibility index (Phi) is 33.9. The second kappa shape index (κ2) is 34.0. The highest BCUT2D eigenvalue weighted by Crippen LogP contribution is 2.14. The minimum Gasteiger partial charge on any atom is -0.317 e. The summed E-state index contributed by atoms with van der Waals surface area (Å²) in [6.45, 7) is 7.10. The van der Waals surface area contributed by atoms with Crippen LogP contribution >= 0.6 is 0 Å². The Morgan fingerprint density at radius 3 is 0.600 bits per heavy atom. The van der Waals surface area contributed by atoms with Crippen molar-refractivity contribution in [3.8, 4) is 0 Å². The van der Waals surface area contributed by atoms with Gasteiger partial charge in [0.25, 0.3) is 0 Å². The van der Waals surface area contributed by atoms with E-state index in [2.05, 4.69) is 19.2 Å². The van der Waals surface area contributed by atoms with Crippen molar-refractivity contribution in [2.24, 2.45) is 0 Å². The van der Waals surface area contributed by atoms with Crippen LogP contribution in [0.15, 0.2) is 0 Å². The average molecular weight is 494 g/mol. The third kappa shape index (κ3) is 34.0. The molecule has 0 saturated heterocycles. The maximum absolute atomic E-state index is 3.68. The molecular weight excluding hydrogens is 422 g/mol. The van der Waals surface area contributed by atoms with Gasteiger partial charge in [-0.1, -0.05) is 194 Å². The summed E-state index contributed by atoms with van der Waals surface area (Å²) in [6.07, 6.45) is 43.7. The minimum absolute atomic E-state index is 1.25. The highest BCUT2D eigenvalue weighted by molar-refractivity contribution is 4.54. The lowest BCUT2D eigenvalue weighted by atomic mass is 10.0. The predicted molar refractivity (Wildman–Crippen MR) is 163 cm³/mol. The third-order valence-corrected chi connectivity index (χ3v) is 7.91. The van der Waals surface area contributed by atoms with Crippen LogP contribution in [0.2, 0.25) is 0 Å². The van der Waals surface area contributed by atoms with Crippen LogP contribution in [0, 0.1) is 0 Å². The lowest BCUT2D eigenvalue weighted by Crippen LogP contribution is -2.16. The molecule has 1 N–H and O–H groups in total. The summed E-state index contributed by atoms with van der Waals surface area (Å²) < 4.78 is 0. The summed E-state index contributed by atoms with van der Waals surface area (Å²) in [5, 5.41) is 3.68. The molecule has 0 atom stereocenters. The number of nitrogens with one attached hydrogen (secondary N) is 1. The SMILES string of the molecule is CCCCCCCCCCCCCCCCCCNCCCCCCCCCCCCCCCC. The van der Waals surface area contributed by atoms with E-state index in [9.17, 15) is 0 Å². The van der Waals surface area contributed by atoms with Gasteiger partial charge in [-0.25, -0.2) is 0 Å². The van der Waals surface area contributed by atoms with Gasteiger partial charge in [0.05, 0.1) is 0 Å². The molecule has 212 valence electrons. The molecule has 0 rings (SSSR count).